The van der Waals surface area contributed by atoms with E-state index in [9.17, 15) is 4.79 Å². The predicted molar refractivity (Wildman–Crippen MR) is 94.1 cm³/mol. The van der Waals surface area contributed by atoms with Gasteiger partial charge in [0.05, 0.1) is 5.75 Å². The van der Waals surface area contributed by atoms with Crippen LogP contribution in [0.4, 0.5) is 0 Å². The Bertz CT molecular complexity index is 383. The second kappa shape index (κ2) is 11.9. The Balaban J connectivity index is 1.97. The molecule has 1 rings (SSSR count). The third kappa shape index (κ3) is 9.73. The molecule has 0 heterocycles. The number of Topliss-reactive ketones (excluding diaryl/α,β-unsaturated/α-hetero) is 1. The van der Waals surface area contributed by atoms with Crippen molar-refractivity contribution in [1.29, 1.82) is 0 Å². The highest BCUT2D eigenvalue weighted by Crippen LogP contribution is 2.19. The topological polar surface area (TPSA) is 17.1 Å². The molecule has 0 radical (unpaired) electrons. The van der Waals surface area contributed by atoms with Crippen molar-refractivity contribution in [2.24, 2.45) is 0 Å². The molecule has 0 amide bonds. The first-order valence-electron chi connectivity index (χ1n) is 8.43. The van der Waals surface area contributed by atoms with Crippen LogP contribution in [0.1, 0.15) is 70.3 Å². The maximum atomic E-state index is 11.8. The normalized spacial score (nSPS) is 10.8. The van der Waals surface area contributed by atoms with Crippen LogP contribution < -0.4 is 0 Å². The van der Waals surface area contributed by atoms with Crippen LogP contribution in [-0.4, -0.2) is 11.5 Å². The summed E-state index contributed by atoms with van der Waals surface area (Å²) in [6, 6.07) is 8.41. The van der Waals surface area contributed by atoms with Crippen LogP contribution in [0.2, 0.25) is 0 Å². The van der Waals surface area contributed by atoms with Gasteiger partial charge in [-0.15, -0.1) is 11.8 Å². The quantitative estimate of drug-likeness (QED) is 0.338. The maximum absolute atomic E-state index is 11.8. The van der Waals surface area contributed by atoms with E-state index in [1.807, 2.05) is 0 Å². The number of hydrogen-bond acceptors (Lipinski definition) is 2. The van der Waals surface area contributed by atoms with E-state index in [1.165, 1.54) is 55.4 Å². The van der Waals surface area contributed by atoms with Gasteiger partial charge < -0.3 is 0 Å². The fourth-order valence-electron chi connectivity index (χ4n) is 2.33. The first kappa shape index (κ1) is 18.3. The number of rotatable bonds is 12. The molecule has 0 aromatic heterocycles. The van der Waals surface area contributed by atoms with Gasteiger partial charge in [-0.3, -0.25) is 4.79 Å². The van der Waals surface area contributed by atoms with E-state index in [0.717, 1.165) is 12.8 Å². The molecule has 0 spiro atoms. The van der Waals surface area contributed by atoms with Gasteiger partial charge in [0.15, 0.2) is 0 Å². The standard InChI is InChI=1S/C19H30OS/c1-3-4-5-6-7-8-9-10-11-18(20)16-21-19-14-12-17(2)13-15-19/h12-15H,3-11,16H2,1-2H3. The molecule has 0 aliphatic carbocycles. The van der Waals surface area contributed by atoms with Gasteiger partial charge in [-0.25, -0.2) is 0 Å². The zero-order valence-corrected chi connectivity index (χ0v) is 14.5. The fourth-order valence-corrected chi connectivity index (χ4v) is 3.13. The lowest BCUT2D eigenvalue weighted by atomic mass is 10.1. The predicted octanol–water partition coefficient (Wildman–Crippen LogP) is 6.19. The van der Waals surface area contributed by atoms with E-state index in [1.54, 1.807) is 11.8 Å². The highest BCUT2D eigenvalue weighted by molar-refractivity contribution is 8.00. The number of ketones is 1. The number of carbonyl (C=O) groups excluding carboxylic acids is 1. The molecule has 0 aliphatic heterocycles. The van der Waals surface area contributed by atoms with Gasteiger partial charge in [0.1, 0.15) is 5.78 Å². The molecule has 0 bridgehead atoms. The Morgan fingerprint density at radius 3 is 2.10 bits per heavy atom. The van der Waals surface area contributed by atoms with Gasteiger partial charge >= 0.3 is 0 Å². The van der Waals surface area contributed by atoms with Crippen molar-refractivity contribution in [1.82, 2.24) is 0 Å². The summed E-state index contributed by atoms with van der Waals surface area (Å²) in [5, 5.41) is 0. The van der Waals surface area contributed by atoms with Crippen LogP contribution in [0.3, 0.4) is 0 Å². The Hall–Kier alpha value is -0.760. The van der Waals surface area contributed by atoms with Gasteiger partial charge in [-0.05, 0) is 25.5 Å². The van der Waals surface area contributed by atoms with Crippen LogP contribution in [0.15, 0.2) is 29.2 Å². The summed E-state index contributed by atoms with van der Waals surface area (Å²) in [5.74, 6) is 1.02. The van der Waals surface area contributed by atoms with Crippen molar-refractivity contribution in [2.75, 3.05) is 5.75 Å². The molecule has 0 fully saturated rings. The fraction of sp³-hybridized carbons (Fsp3) is 0.632. The van der Waals surface area contributed by atoms with Crippen molar-refractivity contribution in [2.45, 2.75) is 76.5 Å². The van der Waals surface area contributed by atoms with Gasteiger partial charge in [-0.1, -0.05) is 69.6 Å². The van der Waals surface area contributed by atoms with Gasteiger partial charge in [0, 0.05) is 11.3 Å². The third-order valence-electron chi connectivity index (χ3n) is 3.73. The van der Waals surface area contributed by atoms with Crippen molar-refractivity contribution < 1.29 is 4.79 Å². The van der Waals surface area contributed by atoms with Crippen LogP contribution in [0.25, 0.3) is 0 Å². The number of unbranched alkanes of at least 4 members (excludes halogenated alkanes) is 7. The number of benzene rings is 1. The Morgan fingerprint density at radius 2 is 1.48 bits per heavy atom. The molecule has 0 atom stereocenters. The Kier molecular flexibility index (Phi) is 10.3. The second-order valence-electron chi connectivity index (χ2n) is 5.87. The molecule has 0 N–H and O–H groups in total. The number of aryl methyl sites for hydroxylation is 1. The van der Waals surface area contributed by atoms with Gasteiger partial charge in [-0.2, -0.15) is 0 Å². The molecular formula is C19H30OS. The minimum absolute atomic E-state index is 0.395. The molecule has 0 saturated heterocycles. The average molecular weight is 307 g/mol. The van der Waals surface area contributed by atoms with Gasteiger partial charge in [0.2, 0.25) is 0 Å². The molecule has 0 unspecified atom stereocenters. The van der Waals surface area contributed by atoms with Crippen molar-refractivity contribution >= 4 is 17.5 Å². The molecule has 1 nitrogen and oxygen atoms in total. The second-order valence-corrected chi connectivity index (χ2v) is 6.91. The van der Waals surface area contributed by atoms with Gasteiger partial charge in [0.25, 0.3) is 0 Å². The summed E-state index contributed by atoms with van der Waals surface area (Å²) in [4.78, 5) is 13.0. The summed E-state index contributed by atoms with van der Waals surface area (Å²) in [5.41, 5.74) is 1.27. The summed E-state index contributed by atoms with van der Waals surface area (Å²) >= 11 is 1.67. The minimum atomic E-state index is 0.395. The highest BCUT2D eigenvalue weighted by Gasteiger charge is 2.03. The summed E-state index contributed by atoms with van der Waals surface area (Å²) in [6.07, 6.45) is 11.1. The smallest absolute Gasteiger partial charge is 0.143 e. The summed E-state index contributed by atoms with van der Waals surface area (Å²) < 4.78 is 0. The molecule has 1 aromatic carbocycles. The van der Waals surface area contributed by atoms with E-state index in [2.05, 4.69) is 38.1 Å². The Morgan fingerprint density at radius 1 is 0.905 bits per heavy atom. The Labute approximate surface area is 134 Å². The van der Waals surface area contributed by atoms with E-state index >= 15 is 0 Å². The lowest BCUT2D eigenvalue weighted by Crippen LogP contribution is -2.00. The lowest BCUT2D eigenvalue weighted by Gasteiger charge is -2.03. The highest BCUT2D eigenvalue weighted by atomic mass is 32.2. The SMILES string of the molecule is CCCCCCCCCCC(=O)CSc1ccc(C)cc1. The lowest BCUT2D eigenvalue weighted by molar-refractivity contribution is -0.116. The molecule has 0 saturated carbocycles. The largest absolute Gasteiger partial charge is 0.299 e. The maximum Gasteiger partial charge on any atom is 0.143 e. The summed E-state index contributed by atoms with van der Waals surface area (Å²) in [6.45, 7) is 4.34. The average Bonchev–Trinajstić information content (AvgIpc) is 2.49. The van der Waals surface area contributed by atoms with Crippen molar-refractivity contribution in [3.8, 4) is 0 Å². The van der Waals surface area contributed by atoms with Crippen LogP contribution in [0, 0.1) is 6.92 Å². The van der Waals surface area contributed by atoms with E-state index in [-0.39, 0.29) is 0 Å². The van der Waals surface area contributed by atoms with Crippen molar-refractivity contribution in [3.05, 3.63) is 29.8 Å². The van der Waals surface area contributed by atoms with Crippen LogP contribution in [-0.2, 0) is 4.79 Å². The van der Waals surface area contributed by atoms with E-state index in [4.69, 9.17) is 0 Å². The van der Waals surface area contributed by atoms with E-state index in [0.29, 0.717) is 11.5 Å². The zero-order chi connectivity index (χ0) is 15.3. The van der Waals surface area contributed by atoms with Crippen LogP contribution >= 0.6 is 11.8 Å². The zero-order valence-electron chi connectivity index (χ0n) is 13.7. The number of hydrogen-bond donors (Lipinski definition) is 0. The number of thioether (sulfide) groups is 1. The number of carbonyl (C=O) groups is 1. The monoisotopic (exact) mass is 306 g/mol. The first-order valence-corrected chi connectivity index (χ1v) is 9.42. The summed E-state index contributed by atoms with van der Waals surface area (Å²) in [7, 11) is 0. The molecule has 2 heteroatoms. The molecule has 118 valence electrons. The minimum Gasteiger partial charge on any atom is -0.299 e. The van der Waals surface area contributed by atoms with E-state index < -0.39 is 0 Å². The van der Waals surface area contributed by atoms with Crippen molar-refractivity contribution in [3.63, 3.8) is 0 Å². The third-order valence-corrected chi connectivity index (χ3v) is 4.80. The molecule has 21 heavy (non-hydrogen) atoms. The van der Waals surface area contributed by atoms with Crippen LogP contribution in [0.5, 0.6) is 0 Å². The molecule has 1 aromatic rings. The molecular weight excluding hydrogens is 276 g/mol. The molecule has 0 aliphatic rings. The first-order chi connectivity index (χ1) is 10.2.